The van der Waals surface area contributed by atoms with Crippen LogP contribution in [-0.4, -0.2) is 53.1 Å². The van der Waals surface area contributed by atoms with Crippen molar-refractivity contribution in [2.24, 2.45) is 0 Å². The number of rotatable bonds is 6. The van der Waals surface area contributed by atoms with E-state index in [-0.39, 0.29) is 17.3 Å². The number of anilines is 1. The molecule has 1 aliphatic rings. The number of hydrogen-bond donors (Lipinski definition) is 1. The first kappa shape index (κ1) is 18.6. The fraction of sp³-hybridized carbons (Fsp3) is 0.500. The molecular formula is C18H25N5O2S. The van der Waals surface area contributed by atoms with Gasteiger partial charge in [-0.15, -0.1) is 0 Å². The third kappa shape index (κ3) is 4.50. The summed E-state index contributed by atoms with van der Waals surface area (Å²) in [5, 5.41) is 4.61. The highest BCUT2D eigenvalue weighted by molar-refractivity contribution is 7.07. The average Bonchev–Trinajstić information content (AvgIpc) is 2.99. The van der Waals surface area contributed by atoms with Crippen molar-refractivity contribution in [3.8, 4) is 0 Å². The number of carbonyl (C=O) groups excluding carboxylic acids is 1. The van der Waals surface area contributed by atoms with Gasteiger partial charge in [0.2, 0.25) is 5.91 Å². The molecule has 0 atom stereocenters. The zero-order valence-corrected chi connectivity index (χ0v) is 16.1. The van der Waals surface area contributed by atoms with Crippen LogP contribution in [0.2, 0.25) is 0 Å². The number of aryl methyl sites for hydroxylation is 1. The maximum Gasteiger partial charge on any atom is 0.307 e. The lowest BCUT2D eigenvalue weighted by molar-refractivity contribution is -0.121. The summed E-state index contributed by atoms with van der Waals surface area (Å²) in [6.07, 6.45) is 1.81. The van der Waals surface area contributed by atoms with Crippen LogP contribution >= 0.6 is 11.3 Å². The quantitative estimate of drug-likeness (QED) is 0.818. The molecule has 26 heavy (non-hydrogen) atoms. The maximum absolute atomic E-state index is 12.1. The lowest BCUT2D eigenvalue weighted by Crippen LogP contribution is -2.46. The van der Waals surface area contributed by atoms with Gasteiger partial charge in [0.05, 0.1) is 0 Å². The lowest BCUT2D eigenvalue weighted by atomic mass is 10.2. The minimum Gasteiger partial charge on any atom is -0.354 e. The van der Waals surface area contributed by atoms with E-state index in [1.807, 2.05) is 25.3 Å². The third-order valence-corrected chi connectivity index (χ3v) is 5.60. The summed E-state index contributed by atoms with van der Waals surface area (Å²) < 4.78 is 1.48. The van der Waals surface area contributed by atoms with Crippen LogP contribution in [0.25, 0.3) is 0 Å². The minimum atomic E-state index is -0.173. The molecule has 0 spiro atoms. The van der Waals surface area contributed by atoms with Crippen molar-refractivity contribution in [2.45, 2.75) is 26.9 Å². The van der Waals surface area contributed by atoms with Crippen LogP contribution in [0.1, 0.15) is 18.2 Å². The fourth-order valence-electron chi connectivity index (χ4n) is 3.00. The van der Waals surface area contributed by atoms with Gasteiger partial charge in [0.1, 0.15) is 12.4 Å². The number of thiazole rings is 1. The molecule has 1 fully saturated rings. The molecule has 0 bridgehead atoms. The van der Waals surface area contributed by atoms with E-state index in [0.29, 0.717) is 6.54 Å². The highest BCUT2D eigenvalue weighted by atomic mass is 32.1. The van der Waals surface area contributed by atoms with Gasteiger partial charge in [0.15, 0.2) is 0 Å². The summed E-state index contributed by atoms with van der Waals surface area (Å²) in [7, 11) is 0. The van der Waals surface area contributed by atoms with Gasteiger partial charge < -0.3 is 15.1 Å². The van der Waals surface area contributed by atoms with Gasteiger partial charge in [-0.05, 0) is 25.1 Å². The predicted octanol–water partition coefficient (Wildman–Crippen LogP) is 1.07. The van der Waals surface area contributed by atoms with Crippen LogP contribution < -0.4 is 15.1 Å². The van der Waals surface area contributed by atoms with Gasteiger partial charge in [-0.1, -0.05) is 24.3 Å². The van der Waals surface area contributed by atoms with Crippen LogP contribution in [0.3, 0.4) is 0 Å². The molecule has 1 aliphatic heterocycles. The molecule has 2 aromatic heterocycles. The topological polar surface area (TPSA) is 70.5 Å². The molecule has 2 aromatic rings. The van der Waals surface area contributed by atoms with Crippen LogP contribution in [0.15, 0.2) is 28.5 Å². The predicted molar refractivity (Wildman–Crippen MR) is 104 cm³/mol. The molecule has 3 heterocycles. The Morgan fingerprint density at radius 1 is 1.27 bits per heavy atom. The van der Waals surface area contributed by atoms with Crippen molar-refractivity contribution in [2.75, 3.05) is 37.6 Å². The largest absolute Gasteiger partial charge is 0.354 e. The zero-order chi connectivity index (χ0) is 18.5. The van der Waals surface area contributed by atoms with Crippen molar-refractivity contribution < 1.29 is 4.79 Å². The van der Waals surface area contributed by atoms with E-state index in [0.717, 1.165) is 61.1 Å². The van der Waals surface area contributed by atoms with E-state index in [2.05, 4.69) is 27.0 Å². The molecule has 1 N–H and O–H groups in total. The number of pyridine rings is 1. The minimum absolute atomic E-state index is 0.0569. The summed E-state index contributed by atoms with van der Waals surface area (Å²) in [6.45, 7) is 9.69. The van der Waals surface area contributed by atoms with Crippen LogP contribution in [0.5, 0.6) is 0 Å². The molecule has 3 rings (SSSR count). The monoisotopic (exact) mass is 375 g/mol. The summed E-state index contributed by atoms with van der Waals surface area (Å²) in [4.78, 5) is 32.9. The molecule has 140 valence electrons. The number of hydrogen-bond acceptors (Lipinski definition) is 6. The second-order valence-electron chi connectivity index (χ2n) is 6.45. The van der Waals surface area contributed by atoms with Gasteiger partial charge in [0.25, 0.3) is 0 Å². The van der Waals surface area contributed by atoms with Crippen molar-refractivity contribution in [3.63, 3.8) is 0 Å². The van der Waals surface area contributed by atoms with E-state index in [1.54, 1.807) is 5.38 Å². The SMILES string of the molecule is CCN1CCN(c2ccc(CNC(=O)Cn3c(C)csc3=O)cn2)CC1. The Morgan fingerprint density at radius 3 is 2.62 bits per heavy atom. The molecule has 1 amide bonds. The van der Waals surface area contributed by atoms with E-state index in [1.165, 1.54) is 4.57 Å². The van der Waals surface area contributed by atoms with Crippen molar-refractivity contribution in [1.29, 1.82) is 0 Å². The third-order valence-electron chi connectivity index (χ3n) is 4.72. The summed E-state index contributed by atoms with van der Waals surface area (Å²) in [5.41, 5.74) is 1.76. The van der Waals surface area contributed by atoms with E-state index >= 15 is 0 Å². The number of likely N-dealkylation sites (N-methyl/N-ethyl adjacent to an activating group) is 1. The maximum atomic E-state index is 12.1. The van der Waals surface area contributed by atoms with Crippen LogP contribution in [0.4, 0.5) is 5.82 Å². The van der Waals surface area contributed by atoms with E-state index in [4.69, 9.17) is 0 Å². The average molecular weight is 375 g/mol. The standard InChI is InChI=1S/C18H25N5O2S/c1-3-21-6-8-22(9-7-21)16-5-4-15(10-19-16)11-20-17(24)12-23-14(2)13-26-18(23)25/h4-5,10,13H,3,6-9,11-12H2,1-2H3,(H,20,24). The first-order valence-electron chi connectivity index (χ1n) is 8.90. The van der Waals surface area contributed by atoms with Crippen LogP contribution in [0, 0.1) is 6.92 Å². The summed E-state index contributed by atoms with van der Waals surface area (Å²) in [6, 6.07) is 4.01. The Labute approximate surface area is 157 Å². The number of nitrogens with one attached hydrogen (secondary N) is 1. The molecule has 1 saturated heterocycles. The van der Waals surface area contributed by atoms with Gasteiger partial charge in [-0.25, -0.2) is 4.98 Å². The molecule has 0 radical (unpaired) electrons. The first-order chi connectivity index (χ1) is 12.6. The highest BCUT2D eigenvalue weighted by Crippen LogP contribution is 2.14. The second kappa shape index (κ2) is 8.46. The highest BCUT2D eigenvalue weighted by Gasteiger charge is 2.16. The smallest absolute Gasteiger partial charge is 0.307 e. The Morgan fingerprint density at radius 2 is 2.04 bits per heavy atom. The summed E-state index contributed by atoms with van der Waals surface area (Å²) >= 11 is 1.11. The molecular weight excluding hydrogens is 350 g/mol. The first-order valence-corrected chi connectivity index (χ1v) is 9.78. The van der Waals surface area contributed by atoms with Gasteiger partial charge >= 0.3 is 4.87 Å². The Balaban J connectivity index is 1.50. The molecule has 8 heteroatoms. The second-order valence-corrected chi connectivity index (χ2v) is 7.27. The van der Waals surface area contributed by atoms with E-state index in [9.17, 15) is 9.59 Å². The Bertz CT molecular complexity index is 791. The fourth-order valence-corrected chi connectivity index (χ4v) is 3.73. The van der Waals surface area contributed by atoms with Crippen molar-refractivity contribution in [3.05, 3.63) is 44.6 Å². The number of nitrogens with zero attached hydrogens (tertiary/aromatic N) is 4. The van der Waals surface area contributed by atoms with Gasteiger partial charge in [-0.2, -0.15) is 0 Å². The normalized spacial score (nSPS) is 15.2. The molecule has 0 aliphatic carbocycles. The molecule has 0 aromatic carbocycles. The Kier molecular flexibility index (Phi) is 6.05. The van der Waals surface area contributed by atoms with Crippen LogP contribution in [-0.2, 0) is 17.9 Å². The molecule has 7 nitrogen and oxygen atoms in total. The van der Waals surface area contributed by atoms with Crippen molar-refractivity contribution in [1.82, 2.24) is 19.8 Å². The Hall–Kier alpha value is -2.19. The number of carbonyl (C=O) groups is 1. The molecule has 0 saturated carbocycles. The number of piperazine rings is 1. The number of amides is 1. The summed E-state index contributed by atoms with van der Waals surface area (Å²) in [5.74, 6) is 0.810. The lowest BCUT2D eigenvalue weighted by Gasteiger charge is -2.34. The molecule has 0 unspecified atom stereocenters. The zero-order valence-electron chi connectivity index (χ0n) is 15.3. The van der Waals surface area contributed by atoms with Gasteiger partial charge in [-0.3, -0.25) is 14.2 Å². The van der Waals surface area contributed by atoms with Gasteiger partial charge in [0, 0.05) is 50.0 Å². The van der Waals surface area contributed by atoms with E-state index < -0.39 is 0 Å². The van der Waals surface area contributed by atoms with Crippen molar-refractivity contribution >= 4 is 23.1 Å². The number of aromatic nitrogens is 2.